The first-order chi connectivity index (χ1) is 8.12. The van der Waals surface area contributed by atoms with E-state index in [1.165, 1.54) is 13.2 Å². The molecule has 0 unspecified atom stereocenters. The molecule has 0 heterocycles. The molecule has 0 saturated carbocycles. The number of carbonyl (C=O) groups excluding carboxylic acids is 2. The Morgan fingerprint density at radius 1 is 1.47 bits per heavy atom. The molecule has 0 aliphatic heterocycles. The second-order valence-electron chi connectivity index (χ2n) is 3.32. The maximum atomic E-state index is 11.5. The number of nitrogens with zero attached hydrogens (tertiary/aromatic N) is 1. The van der Waals surface area contributed by atoms with Crippen molar-refractivity contribution < 1.29 is 14.3 Å². The monoisotopic (exact) mass is 295 g/mol. The lowest BCUT2D eigenvalue weighted by atomic mass is 10.0. The van der Waals surface area contributed by atoms with E-state index < -0.39 is 5.97 Å². The Bertz CT molecular complexity index is 491. The zero-order valence-corrected chi connectivity index (χ0v) is 10.8. The Labute approximate surface area is 107 Å². The Hall–Kier alpha value is -1.67. The molecule has 0 radical (unpaired) electrons. The molecule has 0 aliphatic rings. The highest BCUT2D eigenvalue weighted by Crippen LogP contribution is 2.14. The van der Waals surface area contributed by atoms with E-state index in [0.717, 1.165) is 0 Å². The van der Waals surface area contributed by atoms with Gasteiger partial charge in [0, 0.05) is 6.42 Å². The van der Waals surface area contributed by atoms with Gasteiger partial charge < -0.3 is 4.74 Å². The second kappa shape index (κ2) is 6.16. The fourth-order valence-electron chi connectivity index (χ4n) is 1.36. The van der Waals surface area contributed by atoms with Gasteiger partial charge in [-0.25, -0.2) is 4.79 Å². The van der Waals surface area contributed by atoms with E-state index in [9.17, 15) is 9.59 Å². The molecular formula is C12H10BrNO3. The van der Waals surface area contributed by atoms with Crippen LogP contribution >= 0.6 is 15.9 Å². The molecule has 1 aromatic rings. The average Bonchev–Trinajstić information content (AvgIpc) is 2.38. The van der Waals surface area contributed by atoms with E-state index in [4.69, 9.17) is 5.26 Å². The zero-order valence-electron chi connectivity index (χ0n) is 9.20. The van der Waals surface area contributed by atoms with Crippen molar-refractivity contribution in [3.05, 3.63) is 34.9 Å². The van der Waals surface area contributed by atoms with Crippen LogP contribution in [-0.4, -0.2) is 24.2 Å². The molecule has 0 N–H and O–H groups in total. The number of alkyl halides is 1. The van der Waals surface area contributed by atoms with Crippen LogP contribution in [-0.2, 0) is 16.0 Å². The summed E-state index contributed by atoms with van der Waals surface area (Å²) in [6.07, 6.45) is 0.140. The summed E-state index contributed by atoms with van der Waals surface area (Å²) in [6, 6.07) is 6.55. The second-order valence-corrected chi connectivity index (χ2v) is 3.89. The summed E-state index contributed by atoms with van der Waals surface area (Å²) >= 11 is 3.06. The third kappa shape index (κ3) is 3.40. The maximum Gasteiger partial charge on any atom is 0.338 e. The van der Waals surface area contributed by atoms with Crippen LogP contribution in [0.3, 0.4) is 0 Å². The van der Waals surface area contributed by atoms with Crippen molar-refractivity contribution in [2.75, 3.05) is 12.4 Å². The van der Waals surface area contributed by atoms with Gasteiger partial charge in [-0.05, 0) is 17.7 Å². The van der Waals surface area contributed by atoms with Crippen molar-refractivity contribution in [1.29, 1.82) is 5.26 Å². The van der Waals surface area contributed by atoms with E-state index in [1.807, 2.05) is 6.07 Å². The fourth-order valence-corrected chi connectivity index (χ4v) is 1.56. The third-order valence-electron chi connectivity index (χ3n) is 2.18. The summed E-state index contributed by atoms with van der Waals surface area (Å²) in [4.78, 5) is 22.9. The number of hydrogen-bond acceptors (Lipinski definition) is 4. The van der Waals surface area contributed by atoms with Crippen LogP contribution in [0.25, 0.3) is 0 Å². The van der Waals surface area contributed by atoms with Crippen LogP contribution in [0.4, 0.5) is 0 Å². The summed E-state index contributed by atoms with van der Waals surface area (Å²) in [5.74, 6) is -0.584. The minimum absolute atomic E-state index is 0.0418. The Balaban J connectivity index is 3.16. The number of ether oxygens (including phenoxy) is 1. The Morgan fingerprint density at radius 3 is 2.71 bits per heavy atom. The molecule has 4 nitrogen and oxygen atoms in total. The van der Waals surface area contributed by atoms with Gasteiger partial charge in [0.15, 0.2) is 0 Å². The normalized spacial score (nSPS) is 9.47. The van der Waals surface area contributed by atoms with Crippen LogP contribution in [0.15, 0.2) is 18.2 Å². The molecule has 0 atom stereocenters. The molecule has 0 aromatic heterocycles. The number of nitriles is 1. The van der Waals surface area contributed by atoms with E-state index in [1.54, 1.807) is 12.1 Å². The van der Waals surface area contributed by atoms with Crippen molar-refractivity contribution in [3.63, 3.8) is 0 Å². The lowest BCUT2D eigenvalue weighted by Gasteiger charge is -2.06. The van der Waals surface area contributed by atoms with Crippen LogP contribution in [0.5, 0.6) is 0 Å². The van der Waals surface area contributed by atoms with Crippen molar-refractivity contribution in [2.24, 2.45) is 0 Å². The van der Waals surface area contributed by atoms with Crippen molar-refractivity contribution in [2.45, 2.75) is 6.42 Å². The van der Waals surface area contributed by atoms with Gasteiger partial charge in [-0.15, -0.1) is 0 Å². The van der Waals surface area contributed by atoms with Crippen molar-refractivity contribution in [1.82, 2.24) is 0 Å². The third-order valence-corrected chi connectivity index (χ3v) is 2.81. The number of Topliss-reactive ketones (excluding diaryl/α,β-unsaturated/α-hetero) is 1. The first-order valence-corrected chi connectivity index (χ1v) is 5.93. The quantitative estimate of drug-likeness (QED) is 0.628. The number of carbonyl (C=O) groups is 2. The molecule has 0 spiro atoms. The number of ketones is 1. The molecule has 17 heavy (non-hydrogen) atoms. The summed E-state index contributed by atoms with van der Waals surface area (Å²) in [6.45, 7) is 0. The van der Waals surface area contributed by atoms with E-state index in [2.05, 4.69) is 20.7 Å². The topological polar surface area (TPSA) is 67.2 Å². The van der Waals surface area contributed by atoms with E-state index in [-0.39, 0.29) is 23.1 Å². The Kier molecular flexibility index (Phi) is 4.85. The zero-order chi connectivity index (χ0) is 12.8. The number of benzene rings is 1. The lowest BCUT2D eigenvalue weighted by molar-refractivity contribution is -0.115. The van der Waals surface area contributed by atoms with E-state index in [0.29, 0.717) is 11.1 Å². The van der Waals surface area contributed by atoms with Crippen molar-refractivity contribution >= 4 is 27.7 Å². The van der Waals surface area contributed by atoms with Gasteiger partial charge in [0.25, 0.3) is 0 Å². The Morgan fingerprint density at radius 2 is 2.18 bits per heavy atom. The number of esters is 1. The highest BCUT2D eigenvalue weighted by Gasteiger charge is 2.14. The molecular weight excluding hydrogens is 286 g/mol. The molecule has 0 aliphatic carbocycles. The minimum atomic E-state index is -0.542. The summed E-state index contributed by atoms with van der Waals surface area (Å²) in [5, 5.41) is 8.99. The maximum absolute atomic E-state index is 11.5. The van der Waals surface area contributed by atoms with E-state index >= 15 is 0 Å². The first kappa shape index (κ1) is 13.4. The van der Waals surface area contributed by atoms with Gasteiger partial charge >= 0.3 is 5.97 Å². The summed E-state index contributed by atoms with van der Waals surface area (Å²) in [7, 11) is 1.26. The van der Waals surface area contributed by atoms with Gasteiger partial charge in [-0.2, -0.15) is 5.26 Å². The largest absolute Gasteiger partial charge is 0.465 e. The lowest BCUT2D eigenvalue weighted by Crippen LogP contribution is -2.11. The van der Waals surface area contributed by atoms with Gasteiger partial charge in [-0.3, -0.25) is 4.79 Å². The average molecular weight is 296 g/mol. The molecule has 1 rings (SSSR count). The highest BCUT2D eigenvalue weighted by molar-refractivity contribution is 9.09. The summed E-state index contributed by atoms with van der Waals surface area (Å²) < 4.78 is 4.62. The SMILES string of the molecule is COC(=O)c1cc(C#N)ccc1CC(=O)CBr. The summed E-state index contributed by atoms with van der Waals surface area (Å²) in [5.41, 5.74) is 1.20. The molecule has 0 bridgehead atoms. The first-order valence-electron chi connectivity index (χ1n) is 4.81. The molecule has 0 fully saturated rings. The van der Waals surface area contributed by atoms with Gasteiger partial charge in [0.1, 0.15) is 5.78 Å². The molecule has 88 valence electrons. The van der Waals surface area contributed by atoms with Crippen LogP contribution < -0.4 is 0 Å². The number of halogens is 1. The molecule has 5 heteroatoms. The standard InChI is InChI=1S/C12H10BrNO3/c1-17-12(16)11-4-8(7-14)2-3-9(11)5-10(15)6-13/h2-4H,5-6H2,1H3. The number of hydrogen-bond donors (Lipinski definition) is 0. The number of methoxy groups -OCH3 is 1. The number of rotatable bonds is 4. The van der Waals surface area contributed by atoms with Crippen LogP contribution in [0, 0.1) is 11.3 Å². The molecule has 1 aromatic carbocycles. The molecule has 0 amide bonds. The fraction of sp³-hybridized carbons (Fsp3) is 0.250. The minimum Gasteiger partial charge on any atom is -0.465 e. The van der Waals surface area contributed by atoms with Crippen LogP contribution in [0.2, 0.25) is 0 Å². The molecule has 0 saturated heterocycles. The van der Waals surface area contributed by atoms with Gasteiger partial charge in [0.2, 0.25) is 0 Å². The predicted octanol–water partition coefficient (Wildman–Crippen LogP) is 1.85. The van der Waals surface area contributed by atoms with Gasteiger partial charge in [-0.1, -0.05) is 22.0 Å². The predicted molar refractivity (Wildman–Crippen MR) is 65.0 cm³/mol. The van der Waals surface area contributed by atoms with Gasteiger partial charge in [0.05, 0.1) is 29.6 Å². The highest BCUT2D eigenvalue weighted by atomic mass is 79.9. The van der Waals surface area contributed by atoms with Crippen LogP contribution in [0.1, 0.15) is 21.5 Å². The smallest absolute Gasteiger partial charge is 0.338 e. The van der Waals surface area contributed by atoms with Crippen molar-refractivity contribution in [3.8, 4) is 6.07 Å².